The minimum Gasteiger partial charge on any atom is -0.467 e. The second-order valence-corrected chi connectivity index (χ2v) is 5.54. The number of aromatic nitrogens is 3. The van der Waals surface area contributed by atoms with Crippen LogP contribution in [0.15, 0.2) is 59.5 Å². The van der Waals surface area contributed by atoms with Gasteiger partial charge in [0.2, 0.25) is 0 Å². The smallest absolute Gasteiger partial charge is 0.251 e. The second kappa shape index (κ2) is 7.10. The van der Waals surface area contributed by atoms with Gasteiger partial charge in [-0.05, 0) is 37.3 Å². The number of aliphatic hydroxyl groups is 1. The predicted octanol–water partition coefficient (Wildman–Crippen LogP) is 2.10. The van der Waals surface area contributed by atoms with Crippen molar-refractivity contribution in [3.05, 3.63) is 66.4 Å². The molecule has 0 aliphatic rings. The lowest BCUT2D eigenvalue weighted by molar-refractivity contribution is 0.0903. The van der Waals surface area contributed by atoms with Gasteiger partial charge in [0, 0.05) is 18.0 Å². The quantitative estimate of drug-likeness (QED) is 0.723. The molecule has 0 spiro atoms. The zero-order chi connectivity index (χ0) is 16.9. The number of furan rings is 1. The van der Waals surface area contributed by atoms with Crippen molar-refractivity contribution in [2.45, 2.75) is 25.5 Å². The second-order valence-electron chi connectivity index (χ2n) is 5.54. The Morgan fingerprint density at radius 1 is 1.38 bits per heavy atom. The first-order valence-corrected chi connectivity index (χ1v) is 7.62. The molecular formula is C17H18N4O3. The average Bonchev–Trinajstić information content (AvgIpc) is 3.28. The highest BCUT2D eigenvalue weighted by Gasteiger charge is 2.17. The number of hydrogen-bond donors (Lipinski definition) is 2. The summed E-state index contributed by atoms with van der Waals surface area (Å²) in [4.78, 5) is 12.4. The van der Waals surface area contributed by atoms with Crippen LogP contribution in [0.4, 0.5) is 0 Å². The van der Waals surface area contributed by atoms with E-state index in [9.17, 15) is 9.90 Å². The highest BCUT2D eigenvalue weighted by atomic mass is 16.4. The Labute approximate surface area is 138 Å². The van der Waals surface area contributed by atoms with Crippen LogP contribution in [0.3, 0.4) is 0 Å². The molecule has 0 aliphatic carbocycles. The van der Waals surface area contributed by atoms with Crippen LogP contribution >= 0.6 is 0 Å². The van der Waals surface area contributed by atoms with Gasteiger partial charge in [0.1, 0.15) is 11.9 Å². The van der Waals surface area contributed by atoms with Gasteiger partial charge in [0.25, 0.3) is 5.91 Å². The number of nitrogens with zero attached hydrogens (tertiary/aromatic N) is 3. The van der Waals surface area contributed by atoms with E-state index in [1.165, 1.54) is 6.26 Å². The third-order valence-corrected chi connectivity index (χ3v) is 3.62. The lowest BCUT2D eigenvalue weighted by Crippen LogP contribution is -2.33. The molecule has 7 nitrogen and oxygen atoms in total. The van der Waals surface area contributed by atoms with Crippen molar-refractivity contribution in [2.24, 2.45) is 0 Å². The number of carbonyl (C=O) groups is 1. The van der Waals surface area contributed by atoms with Crippen molar-refractivity contribution >= 4 is 5.91 Å². The van der Waals surface area contributed by atoms with Gasteiger partial charge in [-0.25, -0.2) is 4.68 Å². The summed E-state index contributed by atoms with van der Waals surface area (Å²) in [6.07, 6.45) is 4.40. The van der Waals surface area contributed by atoms with Crippen molar-refractivity contribution in [3.8, 4) is 5.69 Å². The largest absolute Gasteiger partial charge is 0.467 e. The van der Waals surface area contributed by atoms with Gasteiger partial charge in [-0.1, -0.05) is 11.3 Å². The Kier molecular flexibility index (Phi) is 4.72. The topological polar surface area (TPSA) is 93.2 Å². The van der Waals surface area contributed by atoms with Gasteiger partial charge in [-0.2, -0.15) is 0 Å². The van der Waals surface area contributed by atoms with E-state index in [0.29, 0.717) is 17.7 Å². The Morgan fingerprint density at radius 2 is 2.25 bits per heavy atom. The van der Waals surface area contributed by atoms with E-state index in [1.54, 1.807) is 47.4 Å². The number of amides is 1. The third kappa shape index (κ3) is 3.69. The fourth-order valence-corrected chi connectivity index (χ4v) is 2.43. The minimum atomic E-state index is -0.753. The molecule has 2 atom stereocenters. The summed E-state index contributed by atoms with van der Waals surface area (Å²) in [6.45, 7) is 1.84. The van der Waals surface area contributed by atoms with Crippen molar-refractivity contribution in [1.29, 1.82) is 0 Å². The lowest BCUT2D eigenvalue weighted by atomic mass is 10.1. The number of carbonyl (C=O) groups excluding carboxylic acids is 1. The number of aliphatic hydroxyl groups excluding tert-OH is 1. The summed E-state index contributed by atoms with van der Waals surface area (Å²) in [7, 11) is 0. The van der Waals surface area contributed by atoms with E-state index in [4.69, 9.17) is 4.42 Å². The summed E-state index contributed by atoms with van der Waals surface area (Å²) in [6, 6.07) is 10.3. The molecule has 124 valence electrons. The lowest BCUT2D eigenvalue weighted by Gasteiger charge is -2.17. The predicted molar refractivity (Wildman–Crippen MR) is 86.6 cm³/mol. The molecule has 2 aromatic heterocycles. The van der Waals surface area contributed by atoms with Gasteiger partial charge in [-0.3, -0.25) is 4.79 Å². The SMILES string of the molecule is CC(CC(O)c1ccco1)NC(=O)c1cccc(-n2ccnn2)c1. The Bertz CT molecular complexity index is 784. The van der Waals surface area contributed by atoms with Crippen LogP contribution in [-0.2, 0) is 0 Å². The number of hydrogen-bond acceptors (Lipinski definition) is 5. The summed E-state index contributed by atoms with van der Waals surface area (Å²) in [5.41, 5.74) is 1.27. The average molecular weight is 326 g/mol. The van der Waals surface area contributed by atoms with Crippen LogP contribution in [0.25, 0.3) is 5.69 Å². The van der Waals surface area contributed by atoms with Gasteiger partial charge in [0.05, 0.1) is 24.3 Å². The summed E-state index contributed by atoms with van der Waals surface area (Å²) in [5, 5.41) is 20.6. The van der Waals surface area contributed by atoms with E-state index in [-0.39, 0.29) is 11.9 Å². The van der Waals surface area contributed by atoms with Crippen molar-refractivity contribution in [3.63, 3.8) is 0 Å². The van der Waals surface area contributed by atoms with Gasteiger partial charge >= 0.3 is 0 Å². The molecule has 1 aromatic carbocycles. The fraction of sp³-hybridized carbons (Fsp3) is 0.235. The van der Waals surface area contributed by atoms with Crippen molar-refractivity contribution < 1.29 is 14.3 Å². The molecule has 1 amide bonds. The van der Waals surface area contributed by atoms with Gasteiger partial charge in [-0.15, -0.1) is 5.10 Å². The van der Waals surface area contributed by atoms with Gasteiger partial charge < -0.3 is 14.8 Å². The monoisotopic (exact) mass is 326 g/mol. The van der Waals surface area contributed by atoms with E-state index >= 15 is 0 Å². The normalized spacial score (nSPS) is 13.4. The fourth-order valence-electron chi connectivity index (χ4n) is 2.43. The number of rotatable bonds is 6. The number of nitrogens with one attached hydrogen (secondary N) is 1. The molecule has 3 aromatic rings. The first kappa shape index (κ1) is 15.9. The molecule has 2 unspecified atom stereocenters. The zero-order valence-electron chi connectivity index (χ0n) is 13.2. The maximum Gasteiger partial charge on any atom is 0.251 e. The van der Waals surface area contributed by atoms with E-state index < -0.39 is 6.10 Å². The third-order valence-electron chi connectivity index (χ3n) is 3.62. The van der Waals surface area contributed by atoms with Crippen LogP contribution < -0.4 is 5.32 Å². The summed E-state index contributed by atoms with van der Waals surface area (Å²) < 4.78 is 6.75. The maximum absolute atomic E-state index is 12.4. The molecular weight excluding hydrogens is 308 g/mol. The van der Waals surface area contributed by atoms with Crippen LogP contribution in [0.1, 0.15) is 35.6 Å². The standard InChI is InChI=1S/C17H18N4O3/c1-12(10-15(22)16-6-3-9-24-16)19-17(23)13-4-2-5-14(11-13)21-8-7-18-20-21/h2-9,11-12,15,22H,10H2,1H3,(H,19,23). The van der Waals surface area contributed by atoms with Crippen molar-refractivity contribution in [1.82, 2.24) is 20.3 Å². The summed E-state index contributed by atoms with van der Waals surface area (Å²) >= 11 is 0. The highest BCUT2D eigenvalue weighted by Crippen LogP contribution is 2.18. The molecule has 0 saturated carbocycles. The molecule has 24 heavy (non-hydrogen) atoms. The molecule has 2 heterocycles. The Hall–Kier alpha value is -2.93. The molecule has 0 aliphatic heterocycles. The van der Waals surface area contributed by atoms with E-state index in [1.807, 2.05) is 13.0 Å². The summed E-state index contributed by atoms with van der Waals surface area (Å²) in [5.74, 6) is 0.278. The molecule has 3 rings (SSSR count). The number of benzene rings is 1. The first-order chi connectivity index (χ1) is 11.6. The molecule has 7 heteroatoms. The van der Waals surface area contributed by atoms with E-state index in [2.05, 4.69) is 15.6 Å². The highest BCUT2D eigenvalue weighted by molar-refractivity contribution is 5.94. The maximum atomic E-state index is 12.4. The Balaban J connectivity index is 1.63. The first-order valence-electron chi connectivity index (χ1n) is 7.62. The molecule has 2 N–H and O–H groups in total. The van der Waals surface area contributed by atoms with E-state index in [0.717, 1.165) is 5.69 Å². The molecule has 0 saturated heterocycles. The molecule has 0 radical (unpaired) electrons. The van der Waals surface area contributed by atoms with Gasteiger partial charge in [0.15, 0.2) is 0 Å². The van der Waals surface area contributed by atoms with Crippen LogP contribution in [0.2, 0.25) is 0 Å². The van der Waals surface area contributed by atoms with Crippen LogP contribution in [0, 0.1) is 0 Å². The Morgan fingerprint density at radius 3 is 2.96 bits per heavy atom. The van der Waals surface area contributed by atoms with Crippen molar-refractivity contribution in [2.75, 3.05) is 0 Å². The molecule has 0 bridgehead atoms. The minimum absolute atomic E-state index is 0.212. The van der Waals surface area contributed by atoms with Crippen LogP contribution in [-0.4, -0.2) is 32.0 Å². The zero-order valence-corrected chi connectivity index (χ0v) is 13.2. The van der Waals surface area contributed by atoms with Crippen LogP contribution in [0.5, 0.6) is 0 Å². The molecule has 0 fully saturated rings.